The fraction of sp³-hybridized carbons (Fsp3) is 0.438. The Morgan fingerprint density at radius 3 is 2.53 bits per heavy atom. The summed E-state index contributed by atoms with van der Waals surface area (Å²) in [6.45, 7) is 6.60. The monoisotopic (exact) mass is 262 g/mol. The topological polar surface area (TPSA) is 35.5 Å². The molecule has 19 heavy (non-hydrogen) atoms. The van der Waals surface area contributed by atoms with E-state index >= 15 is 0 Å². The molecular weight excluding hydrogens is 240 g/mol. The minimum absolute atomic E-state index is 0.345. The van der Waals surface area contributed by atoms with Gasteiger partial charge in [-0.25, -0.2) is 4.79 Å². The van der Waals surface area contributed by atoms with Gasteiger partial charge in [0.2, 0.25) is 0 Å². The number of benzene rings is 1. The Hall–Kier alpha value is -1.77. The van der Waals surface area contributed by atoms with Crippen LogP contribution in [0.25, 0.3) is 0 Å². The zero-order chi connectivity index (χ0) is 13.9. The Morgan fingerprint density at radius 1 is 1.16 bits per heavy atom. The third kappa shape index (κ3) is 6.65. The fourth-order valence-corrected chi connectivity index (χ4v) is 1.69. The maximum Gasteiger partial charge on any atom is 0.330 e. The highest BCUT2D eigenvalue weighted by Gasteiger charge is 1.98. The molecular formula is C16H22O3. The van der Waals surface area contributed by atoms with Crippen molar-refractivity contribution in [1.82, 2.24) is 0 Å². The van der Waals surface area contributed by atoms with Crippen molar-refractivity contribution in [2.75, 3.05) is 13.2 Å². The zero-order valence-electron chi connectivity index (χ0n) is 11.6. The number of hydrogen-bond donors (Lipinski definition) is 0. The first kappa shape index (κ1) is 15.3. The van der Waals surface area contributed by atoms with E-state index in [0.717, 1.165) is 38.0 Å². The third-order valence-electron chi connectivity index (χ3n) is 2.80. The number of carbonyl (C=O) groups is 1. The summed E-state index contributed by atoms with van der Waals surface area (Å²) in [6.07, 6.45) is 5.22. The molecule has 0 N–H and O–H groups in total. The summed E-state index contributed by atoms with van der Waals surface area (Å²) >= 11 is 0. The van der Waals surface area contributed by atoms with E-state index < -0.39 is 0 Å². The van der Waals surface area contributed by atoms with Crippen LogP contribution in [0.4, 0.5) is 0 Å². The first-order chi connectivity index (χ1) is 9.24. The Bertz CT molecular complexity index is 399. The SMILES string of the molecule is C=CC(=O)OCCCCCCOc1ccccc1C. The number of rotatable bonds is 9. The lowest BCUT2D eigenvalue weighted by molar-refractivity contribution is -0.137. The number of carbonyl (C=O) groups excluding carboxylic acids is 1. The zero-order valence-corrected chi connectivity index (χ0v) is 11.6. The summed E-state index contributed by atoms with van der Waals surface area (Å²) in [5, 5.41) is 0. The van der Waals surface area contributed by atoms with Crippen molar-refractivity contribution in [2.24, 2.45) is 0 Å². The Balaban J connectivity index is 1.98. The van der Waals surface area contributed by atoms with Gasteiger partial charge in [-0.15, -0.1) is 0 Å². The average molecular weight is 262 g/mol. The predicted molar refractivity (Wildman–Crippen MR) is 76.3 cm³/mol. The molecule has 0 aliphatic carbocycles. The third-order valence-corrected chi connectivity index (χ3v) is 2.80. The molecule has 0 amide bonds. The Morgan fingerprint density at radius 2 is 1.84 bits per heavy atom. The molecule has 0 saturated carbocycles. The van der Waals surface area contributed by atoms with Crippen LogP contribution in [0.5, 0.6) is 5.75 Å². The van der Waals surface area contributed by atoms with Gasteiger partial charge in [-0.05, 0) is 44.2 Å². The standard InChI is InChI=1S/C16H22O3/c1-3-16(17)19-13-9-5-4-8-12-18-15-11-7-6-10-14(15)2/h3,6-7,10-11H,1,4-5,8-9,12-13H2,2H3. The Kier molecular flexibility index (Phi) is 7.40. The van der Waals surface area contributed by atoms with Gasteiger partial charge in [-0.2, -0.15) is 0 Å². The van der Waals surface area contributed by atoms with E-state index in [9.17, 15) is 4.79 Å². The summed E-state index contributed by atoms with van der Waals surface area (Å²) < 4.78 is 10.6. The molecule has 0 aliphatic rings. The van der Waals surface area contributed by atoms with Gasteiger partial charge in [-0.3, -0.25) is 0 Å². The van der Waals surface area contributed by atoms with Crippen molar-refractivity contribution >= 4 is 5.97 Å². The molecule has 104 valence electrons. The van der Waals surface area contributed by atoms with Gasteiger partial charge < -0.3 is 9.47 Å². The number of esters is 1. The van der Waals surface area contributed by atoms with Gasteiger partial charge >= 0.3 is 5.97 Å². The van der Waals surface area contributed by atoms with E-state index in [4.69, 9.17) is 9.47 Å². The second-order valence-electron chi connectivity index (χ2n) is 4.40. The molecule has 3 heteroatoms. The van der Waals surface area contributed by atoms with Crippen LogP contribution in [-0.2, 0) is 9.53 Å². The van der Waals surface area contributed by atoms with Gasteiger partial charge in [0.15, 0.2) is 0 Å². The lowest BCUT2D eigenvalue weighted by Gasteiger charge is -2.08. The van der Waals surface area contributed by atoms with E-state index in [1.165, 1.54) is 11.6 Å². The molecule has 0 aliphatic heterocycles. The molecule has 1 rings (SSSR count). The molecule has 3 nitrogen and oxygen atoms in total. The lowest BCUT2D eigenvalue weighted by Crippen LogP contribution is -2.02. The second kappa shape index (κ2) is 9.20. The van der Waals surface area contributed by atoms with Crippen LogP contribution in [0.1, 0.15) is 31.2 Å². The van der Waals surface area contributed by atoms with Crippen LogP contribution in [0.15, 0.2) is 36.9 Å². The number of para-hydroxylation sites is 1. The smallest absolute Gasteiger partial charge is 0.330 e. The quantitative estimate of drug-likeness (QED) is 0.387. The van der Waals surface area contributed by atoms with E-state index in [1.54, 1.807) is 0 Å². The first-order valence-electron chi connectivity index (χ1n) is 6.71. The molecule has 0 unspecified atom stereocenters. The molecule has 0 fully saturated rings. The average Bonchev–Trinajstić information content (AvgIpc) is 2.43. The maximum atomic E-state index is 10.8. The lowest BCUT2D eigenvalue weighted by atomic mass is 10.2. The van der Waals surface area contributed by atoms with Gasteiger partial charge in [0.05, 0.1) is 13.2 Å². The fourth-order valence-electron chi connectivity index (χ4n) is 1.69. The second-order valence-corrected chi connectivity index (χ2v) is 4.40. The van der Waals surface area contributed by atoms with Gasteiger partial charge in [0, 0.05) is 6.08 Å². The summed E-state index contributed by atoms with van der Waals surface area (Å²) in [7, 11) is 0. The van der Waals surface area contributed by atoms with Crippen LogP contribution in [-0.4, -0.2) is 19.2 Å². The summed E-state index contributed by atoms with van der Waals surface area (Å²) in [5.41, 5.74) is 1.17. The van der Waals surface area contributed by atoms with Gasteiger partial charge in [-0.1, -0.05) is 24.8 Å². The number of aryl methyl sites for hydroxylation is 1. The summed E-state index contributed by atoms with van der Waals surface area (Å²) in [4.78, 5) is 10.8. The molecule has 0 radical (unpaired) electrons. The van der Waals surface area contributed by atoms with Crippen LogP contribution >= 0.6 is 0 Å². The van der Waals surface area contributed by atoms with Gasteiger partial charge in [0.25, 0.3) is 0 Å². The predicted octanol–water partition coefficient (Wildman–Crippen LogP) is 3.66. The van der Waals surface area contributed by atoms with Crippen molar-refractivity contribution in [3.05, 3.63) is 42.5 Å². The highest BCUT2D eigenvalue weighted by molar-refractivity contribution is 5.81. The number of ether oxygens (including phenoxy) is 2. The van der Waals surface area contributed by atoms with E-state index in [1.807, 2.05) is 31.2 Å². The Labute approximate surface area is 115 Å². The van der Waals surface area contributed by atoms with Crippen molar-refractivity contribution in [1.29, 1.82) is 0 Å². The minimum atomic E-state index is -0.345. The van der Waals surface area contributed by atoms with Crippen LogP contribution in [0.2, 0.25) is 0 Å². The molecule has 1 aromatic rings. The molecule has 1 aromatic carbocycles. The van der Waals surface area contributed by atoms with E-state index in [-0.39, 0.29) is 5.97 Å². The van der Waals surface area contributed by atoms with Crippen LogP contribution < -0.4 is 4.74 Å². The molecule has 0 spiro atoms. The van der Waals surface area contributed by atoms with Crippen molar-refractivity contribution in [3.63, 3.8) is 0 Å². The number of hydrogen-bond acceptors (Lipinski definition) is 3. The number of unbranched alkanes of at least 4 members (excludes halogenated alkanes) is 3. The molecule has 0 heterocycles. The highest BCUT2D eigenvalue weighted by atomic mass is 16.5. The van der Waals surface area contributed by atoms with Crippen molar-refractivity contribution < 1.29 is 14.3 Å². The van der Waals surface area contributed by atoms with Gasteiger partial charge in [0.1, 0.15) is 5.75 Å². The maximum absolute atomic E-state index is 10.8. The molecule has 0 atom stereocenters. The van der Waals surface area contributed by atoms with Crippen molar-refractivity contribution in [2.45, 2.75) is 32.6 Å². The van der Waals surface area contributed by atoms with Crippen LogP contribution in [0.3, 0.4) is 0 Å². The largest absolute Gasteiger partial charge is 0.493 e. The normalized spacial score (nSPS) is 9.95. The minimum Gasteiger partial charge on any atom is -0.493 e. The summed E-state index contributed by atoms with van der Waals surface area (Å²) in [6, 6.07) is 8.02. The molecule has 0 saturated heterocycles. The van der Waals surface area contributed by atoms with Crippen molar-refractivity contribution in [3.8, 4) is 5.75 Å². The summed E-state index contributed by atoms with van der Waals surface area (Å²) in [5.74, 6) is 0.616. The molecule has 0 bridgehead atoms. The van der Waals surface area contributed by atoms with E-state index in [0.29, 0.717) is 6.61 Å². The highest BCUT2D eigenvalue weighted by Crippen LogP contribution is 2.16. The molecule has 0 aromatic heterocycles. The first-order valence-corrected chi connectivity index (χ1v) is 6.71. The van der Waals surface area contributed by atoms with E-state index in [2.05, 4.69) is 6.58 Å². The van der Waals surface area contributed by atoms with Crippen LogP contribution in [0, 0.1) is 6.92 Å².